The Labute approximate surface area is 78.3 Å². The van der Waals surface area contributed by atoms with Gasteiger partial charge in [0.2, 0.25) is 0 Å². The molecule has 0 bridgehead atoms. The molecule has 2 rings (SSSR count). The number of ether oxygens (including phenoxy) is 1. The maximum Gasteiger partial charge on any atom is 0.123 e. The summed E-state index contributed by atoms with van der Waals surface area (Å²) in [5.41, 5.74) is 1.23. The third kappa shape index (κ3) is 1.56. The first-order valence-corrected chi connectivity index (χ1v) is 4.08. The molecule has 0 aromatic heterocycles. The minimum absolute atomic E-state index is 0. The van der Waals surface area contributed by atoms with Gasteiger partial charge in [0.25, 0.3) is 0 Å². The van der Waals surface area contributed by atoms with Crippen LogP contribution in [0.3, 0.4) is 0 Å². The zero-order chi connectivity index (χ0) is 7.84. The SMILES string of the molecule is C.CC1Cc2cc(Cl)ccc2O1. The van der Waals surface area contributed by atoms with E-state index in [0.717, 1.165) is 17.2 Å². The van der Waals surface area contributed by atoms with Crippen LogP contribution in [-0.2, 0) is 6.42 Å². The largest absolute Gasteiger partial charge is 0.490 e. The highest BCUT2D eigenvalue weighted by atomic mass is 35.5. The number of fused-ring (bicyclic) bond motifs is 1. The Hall–Kier alpha value is -0.690. The van der Waals surface area contributed by atoms with Gasteiger partial charge in [-0.25, -0.2) is 0 Å². The molecule has 0 saturated heterocycles. The molecule has 1 unspecified atom stereocenters. The quantitative estimate of drug-likeness (QED) is 0.601. The van der Waals surface area contributed by atoms with Crippen molar-refractivity contribution in [1.82, 2.24) is 0 Å². The maximum absolute atomic E-state index is 5.82. The van der Waals surface area contributed by atoms with Crippen LogP contribution in [0, 0.1) is 0 Å². The molecule has 2 heteroatoms. The van der Waals surface area contributed by atoms with Crippen LogP contribution < -0.4 is 4.74 Å². The zero-order valence-electron chi connectivity index (χ0n) is 6.30. The standard InChI is InChI=1S/C9H9ClO.CH4/c1-6-4-7-5-8(10)2-3-9(7)11-6;/h2-3,5-6H,4H2,1H3;1H4. The average Bonchev–Trinajstić information content (AvgIpc) is 2.27. The van der Waals surface area contributed by atoms with Gasteiger partial charge in [-0.2, -0.15) is 0 Å². The first kappa shape index (κ1) is 9.40. The van der Waals surface area contributed by atoms with Gasteiger partial charge in [0.05, 0.1) is 0 Å². The monoisotopic (exact) mass is 184 g/mol. The number of hydrogen-bond donors (Lipinski definition) is 0. The molecular formula is C10H13ClO. The second kappa shape index (κ2) is 3.36. The minimum Gasteiger partial charge on any atom is -0.490 e. The van der Waals surface area contributed by atoms with Crippen LogP contribution in [-0.4, -0.2) is 6.10 Å². The molecule has 66 valence electrons. The van der Waals surface area contributed by atoms with Crippen molar-refractivity contribution < 1.29 is 4.74 Å². The lowest BCUT2D eigenvalue weighted by atomic mass is 10.1. The van der Waals surface area contributed by atoms with Crippen molar-refractivity contribution in [2.75, 3.05) is 0 Å². The molecule has 1 aliphatic rings. The number of hydrogen-bond acceptors (Lipinski definition) is 1. The van der Waals surface area contributed by atoms with Crippen LogP contribution in [0.5, 0.6) is 5.75 Å². The fourth-order valence-electron chi connectivity index (χ4n) is 1.39. The van der Waals surface area contributed by atoms with E-state index in [1.807, 2.05) is 18.2 Å². The molecule has 1 aliphatic heterocycles. The van der Waals surface area contributed by atoms with Crippen molar-refractivity contribution in [3.05, 3.63) is 28.8 Å². The van der Waals surface area contributed by atoms with Gasteiger partial charge >= 0.3 is 0 Å². The van der Waals surface area contributed by atoms with Crippen LogP contribution in [0.4, 0.5) is 0 Å². The van der Waals surface area contributed by atoms with Crippen LogP contribution in [0.2, 0.25) is 5.02 Å². The van der Waals surface area contributed by atoms with Gasteiger partial charge in [0.15, 0.2) is 0 Å². The summed E-state index contributed by atoms with van der Waals surface area (Å²) in [6.07, 6.45) is 1.29. The first-order chi connectivity index (χ1) is 5.25. The van der Waals surface area contributed by atoms with Crippen molar-refractivity contribution in [3.8, 4) is 5.75 Å². The minimum atomic E-state index is 0. The maximum atomic E-state index is 5.82. The smallest absolute Gasteiger partial charge is 0.123 e. The second-order valence-corrected chi connectivity index (χ2v) is 3.32. The average molecular weight is 185 g/mol. The van der Waals surface area contributed by atoms with E-state index in [9.17, 15) is 0 Å². The molecule has 0 fully saturated rings. The topological polar surface area (TPSA) is 9.23 Å². The van der Waals surface area contributed by atoms with E-state index in [4.69, 9.17) is 16.3 Å². The van der Waals surface area contributed by atoms with Gasteiger partial charge in [-0.15, -0.1) is 0 Å². The van der Waals surface area contributed by atoms with Gasteiger partial charge in [-0.1, -0.05) is 19.0 Å². The van der Waals surface area contributed by atoms with Crippen LogP contribution in [0.25, 0.3) is 0 Å². The molecule has 0 aliphatic carbocycles. The van der Waals surface area contributed by atoms with Gasteiger partial charge < -0.3 is 4.74 Å². The van der Waals surface area contributed by atoms with E-state index >= 15 is 0 Å². The van der Waals surface area contributed by atoms with Crippen molar-refractivity contribution in [3.63, 3.8) is 0 Å². The molecule has 1 atom stereocenters. The molecule has 1 nitrogen and oxygen atoms in total. The summed E-state index contributed by atoms with van der Waals surface area (Å²) < 4.78 is 5.50. The highest BCUT2D eigenvalue weighted by Crippen LogP contribution is 2.30. The Kier molecular flexibility index (Phi) is 2.63. The Bertz CT molecular complexity index is 283. The van der Waals surface area contributed by atoms with E-state index in [1.54, 1.807) is 0 Å². The molecule has 1 aromatic rings. The van der Waals surface area contributed by atoms with Crippen molar-refractivity contribution in [1.29, 1.82) is 0 Å². The van der Waals surface area contributed by atoms with E-state index in [-0.39, 0.29) is 7.43 Å². The third-order valence-electron chi connectivity index (χ3n) is 1.86. The highest BCUT2D eigenvalue weighted by molar-refractivity contribution is 6.30. The fourth-order valence-corrected chi connectivity index (χ4v) is 1.59. The molecule has 0 saturated carbocycles. The predicted molar refractivity (Wildman–Crippen MR) is 52.0 cm³/mol. The van der Waals surface area contributed by atoms with Gasteiger partial charge in [-0.05, 0) is 30.7 Å². The zero-order valence-corrected chi connectivity index (χ0v) is 7.06. The number of rotatable bonds is 0. The third-order valence-corrected chi connectivity index (χ3v) is 2.09. The molecule has 0 radical (unpaired) electrons. The van der Waals surface area contributed by atoms with Gasteiger partial charge in [-0.3, -0.25) is 0 Å². The molecule has 1 heterocycles. The first-order valence-electron chi connectivity index (χ1n) is 3.71. The summed E-state index contributed by atoms with van der Waals surface area (Å²) in [7, 11) is 0. The Morgan fingerprint density at radius 3 is 3.00 bits per heavy atom. The van der Waals surface area contributed by atoms with Crippen molar-refractivity contribution in [2.45, 2.75) is 26.9 Å². The molecule has 0 N–H and O–H groups in total. The molecule has 12 heavy (non-hydrogen) atoms. The Balaban J connectivity index is 0.000000720. The number of halogens is 1. The lowest BCUT2D eigenvalue weighted by molar-refractivity contribution is 0.254. The summed E-state index contributed by atoms with van der Waals surface area (Å²) in [6, 6.07) is 5.76. The summed E-state index contributed by atoms with van der Waals surface area (Å²) in [5.74, 6) is 0.988. The normalized spacial score (nSPS) is 19.3. The van der Waals surface area contributed by atoms with E-state index in [1.165, 1.54) is 5.56 Å². The van der Waals surface area contributed by atoms with Crippen molar-refractivity contribution in [2.24, 2.45) is 0 Å². The summed E-state index contributed by atoms with van der Waals surface area (Å²) in [6.45, 7) is 2.06. The van der Waals surface area contributed by atoms with E-state index in [2.05, 4.69) is 6.92 Å². The lowest BCUT2D eigenvalue weighted by Gasteiger charge is -2.00. The number of benzene rings is 1. The highest BCUT2D eigenvalue weighted by Gasteiger charge is 2.18. The Morgan fingerprint density at radius 2 is 2.25 bits per heavy atom. The van der Waals surface area contributed by atoms with E-state index in [0.29, 0.717) is 6.10 Å². The molecule has 1 aromatic carbocycles. The van der Waals surface area contributed by atoms with Gasteiger partial charge in [0, 0.05) is 11.4 Å². The van der Waals surface area contributed by atoms with Gasteiger partial charge in [0.1, 0.15) is 11.9 Å². The molecule has 0 amide bonds. The second-order valence-electron chi connectivity index (χ2n) is 2.88. The summed E-state index contributed by atoms with van der Waals surface area (Å²) >= 11 is 5.82. The van der Waals surface area contributed by atoms with Crippen LogP contribution in [0.15, 0.2) is 18.2 Å². The van der Waals surface area contributed by atoms with Crippen LogP contribution >= 0.6 is 11.6 Å². The molecular weight excluding hydrogens is 172 g/mol. The lowest BCUT2D eigenvalue weighted by Crippen LogP contribution is -2.05. The van der Waals surface area contributed by atoms with E-state index < -0.39 is 0 Å². The summed E-state index contributed by atoms with van der Waals surface area (Å²) in [4.78, 5) is 0. The Morgan fingerprint density at radius 1 is 1.50 bits per heavy atom. The molecule has 0 spiro atoms. The predicted octanol–water partition coefficient (Wildman–Crippen LogP) is 3.30. The fraction of sp³-hybridized carbons (Fsp3) is 0.400. The summed E-state index contributed by atoms with van der Waals surface area (Å²) in [5, 5.41) is 0.793. The van der Waals surface area contributed by atoms with Crippen molar-refractivity contribution >= 4 is 11.6 Å². The van der Waals surface area contributed by atoms with Crippen LogP contribution in [0.1, 0.15) is 19.9 Å².